The summed E-state index contributed by atoms with van der Waals surface area (Å²) < 4.78 is 0. The van der Waals surface area contributed by atoms with Crippen LogP contribution < -0.4 is 11.1 Å². The summed E-state index contributed by atoms with van der Waals surface area (Å²) in [6, 6.07) is 0. The fraction of sp³-hybridized carbons (Fsp3) is 0.750. The molecule has 0 amide bonds. The quantitative estimate of drug-likeness (QED) is 0.409. The van der Waals surface area contributed by atoms with E-state index in [4.69, 9.17) is 5.73 Å². The second-order valence-electron chi connectivity index (χ2n) is 2.32. The Morgan fingerprint density at radius 2 is 2.10 bits per heavy atom. The predicted molar refractivity (Wildman–Crippen MR) is 46.0 cm³/mol. The SMILES string of the molecule is C=CCCCCNCCN. The molecular weight excluding hydrogens is 124 g/mol. The molecular formula is C8H18N2. The minimum atomic E-state index is 0.738. The zero-order valence-electron chi connectivity index (χ0n) is 6.60. The maximum absolute atomic E-state index is 5.29. The van der Waals surface area contributed by atoms with Crippen molar-refractivity contribution in [2.75, 3.05) is 19.6 Å². The second-order valence-corrected chi connectivity index (χ2v) is 2.32. The van der Waals surface area contributed by atoms with E-state index in [0.29, 0.717) is 0 Å². The van der Waals surface area contributed by atoms with Gasteiger partial charge >= 0.3 is 0 Å². The van der Waals surface area contributed by atoms with Gasteiger partial charge in [0.25, 0.3) is 0 Å². The summed E-state index contributed by atoms with van der Waals surface area (Å²) in [5.41, 5.74) is 5.29. The molecule has 0 aliphatic heterocycles. The van der Waals surface area contributed by atoms with Gasteiger partial charge < -0.3 is 11.1 Å². The van der Waals surface area contributed by atoms with Crippen LogP contribution in [0.25, 0.3) is 0 Å². The molecule has 0 aromatic heterocycles. The summed E-state index contributed by atoms with van der Waals surface area (Å²) in [7, 11) is 0. The van der Waals surface area contributed by atoms with Crippen LogP contribution in [0.5, 0.6) is 0 Å². The van der Waals surface area contributed by atoms with E-state index in [2.05, 4.69) is 11.9 Å². The van der Waals surface area contributed by atoms with Gasteiger partial charge in [-0.25, -0.2) is 0 Å². The lowest BCUT2D eigenvalue weighted by Gasteiger charge is -2.00. The minimum Gasteiger partial charge on any atom is -0.329 e. The molecule has 0 aliphatic rings. The van der Waals surface area contributed by atoms with Crippen LogP contribution in [0.3, 0.4) is 0 Å². The molecule has 2 heteroatoms. The monoisotopic (exact) mass is 142 g/mol. The topological polar surface area (TPSA) is 38.0 Å². The van der Waals surface area contributed by atoms with Crippen LogP contribution in [0.4, 0.5) is 0 Å². The molecule has 0 saturated heterocycles. The summed E-state index contributed by atoms with van der Waals surface area (Å²) in [6.07, 6.45) is 5.56. The lowest BCUT2D eigenvalue weighted by atomic mass is 10.2. The van der Waals surface area contributed by atoms with Crippen molar-refractivity contribution >= 4 is 0 Å². The molecule has 0 heterocycles. The van der Waals surface area contributed by atoms with Crippen molar-refractivity contribution < 1.29 is 0 Å². The minimum absolute atomic E-state index is 0.738. The summed E-state index contributed by atoms with van der Waals surface area (Å²) >= 11 is 0. The molecule has 0 aliphatic carbocycles. The van der Waals surface area contributed by atoms with Crippen LogP contribution in [0.1, 0.15) is 19.3 Å². The average molecular weight is 142 g/mol. The van der Waals surface area contributed by atoms with E-state index in [1.807, 2.05) is 6.08 Å². The van der Waals surface area contributed by atoms with E-state index >= 15 is 0 Å². The van der Waals surface area contributed by atoms with Gasteiger partial charge in [0, 0.05) is 13.1 Å². The molecule has 3 N–H and O–H groups in total. The Labute approximate surface area is 63.5 Å². The molecule has 2 nitrogen and oxygen atoms in total. The van der Waals surface area contributed by atoms with Crippen LogP contribution in [-0.4, -0.2) is 19.6 Å². The first kappa shape index (κ1) is 9.66. The summed E-state index contributed by atoms with van der Waals surface area (Å²) in [5.74, 6) is 0. The zero-order valence-corrected chi connectivity index (χ0v) is 6.60. The van der Waals surface area contributed by atoms with E-state index in [-0.39, 0.29) is 0 Å². The third-order valence-electron chi connectivity index (χ3n) is 1.33. The average Bonchev–Trinajstić information content (AvgIpc) is 1.97. The molecule has 0 aromatic carbocycles. The van der Waals surface area contributed by atoms with Crippen molar-refractivity contribution in [3.05, 3.63) is 12.7 Å². The van der Waals surface area contributed by atoms with Gasteiger partial charge in [0.2, 0.25) is 0 Å². The third-order valence-corrected chi connectivity index (χ3v) is 1.33. The van der Waals surface area contributed by atoms with E-state index < -0.39 is 0 Å². The number of unbranched alkanes of at least 4 members (excludes halogenated alkanes) is 2. The first-order chi connectivity index (χ1) is 4.91. The van der Waals surface area contributed by atoms with Gasteiger partial charge in [0.1, 0.15) is 0 Å². The largest absolute Gasteiger partial charge is 0.329 e. The molecule has 0 aromatic rings. The smallest absolute Gasteiger partial charge is 0.00745 e. The summed E-state index contributed by atoms with van der Waals surface area (Å²) in [5, 5.41) is 3.23. The Morgan fingerprint density at radius 3 is 2.70 bits per heavy atom. The lowest BCUT2D eigenvalue weighted by molar-refractivity contribution is 0.631. The van der Waals surface area contributed by atoms with Crippen molar-refractivity contribution in [2.24, 2.45) is 5.73 Å². The van der Waals surface area contributed by atoms with Gasteiger partial charge in [-0.05, 0) is 25.8 Å². The molecule has 0 saturated carbocycles. The van der Waals surface area contributed by atoms with Crippen molar-refractivity contribution in [3.8, 4) is 0 Å². The summed E-state index contributed by atoms with van der Waals surface area (Å²) in [6.45, 7) is 6.42. The summed E-state index contributed by atoms with van der Waals surface area (Å²) in [4.78, 5) is 0. The Kier molecular flexibility index (Phi) is 8.37. The normalized spacial score (nSPS) is 9.70. The number of nitrogens with two attached hydrogens (primary N) is 1. The Bertz CT molecular complexity index is 71.7. The molecule has 60 valence electrons. The maximum Gasteiger partial charge on any atom is 0.00745 e. The molecule has 0 atom stereocenters. The lowest BCUT2D eigenvalue weighted by Crippen LogP contribution is -2.23. The number of hydrogen-bond acceptors (Lipinski definition) is 2. The number of allylic oxidation sites excluding steroid dienone is 1. The van der Waals surface area contributed by atoms with Gasteiger partial charge in [-0.2, -0.15) is 0 Å². The predicted octanol–water partition coefficient (Wildman–Crippen LogP) is 0.891. The van der Waals surface area contributed by atoms with Crippen LogP contribution in [-0.2, 0) is 0 Å². The maximum atomic E-state index is 5.29. The zero-order chi connectivity index (χ0) is 7.66. The van der Waals surface area contributed by atoms with Crippen molar-refractivity contribution in [1.29, 1.82) is 0 Å². The van der Waals surface area contributed by atoms with Gasteiger partial charge in [0.05, 0.1) is 0 Å². The molecule has 0 unspecified atom stereocenters. The number of hydrogen-bond donors (Lipinski definition) is 2. The van der Waals surface area contributed by atoms with Crippen molar-refractivity contribution in [1.82, 2.24) is 5.32 Å². The third kappa shape index (κ3) is 7.66. The van der Waals surface area contributed by atoms with Crippen LogP contribution in [0.2, 0.25) is 0 Å². The van der Waals surface area contributed by atoms with E-state index in [1.165, 1.54) is 12.8 Å². The van der Waals surface area contributed by atoms with Crippen LogP contribution in [0.15, 0.2) is 12.7 Å². The van der Waals surface area contributed by atoms with Crippen molar-refractivity contribution in [3.63, 3.8) is 0 Å². The molecule has 0 spiro atoms. The fourth-order valence-electron chi connectivity index (χ4n) is 0.766. The second kappa shape index (κ2) is 8.66. The highest BCUT2D eigenvalue weighted by atomic mass is 14.9. The first-order valence-corrected chi connectivity index (χ1v) is 3.93. The highest BCUT2D eigenvalue weighted by Crippen LogP contribution is 1.92. The fourth-order valence-corrected chi connectivity index (χ4v) is 0.766. The Balaban J connectivity index is 2.70. The van der Waals surface area contributed by atoms with Crippen LogP contribution >= 0.6 is 0 Å². The molecule has 0 bridgehead atoms. The van der Waals surface area contributed by atoms with E-state index in [1.54, 1.807) is 0 Å². The van der Waals surface area contributed by atoms with E-state index in [9.17, 15) is 0 Å². The standard InChI is InChI=1S/C8H18N2/c1-2-3-4-5-7-10-8-6-9/h2,10H,1,3-9H2. The molecule has 0 radical (unpaired) electrons. The van der Waals surface area contributed by atoms with Crippen LogP contribution in [0, 0.1) is 0 Å². The molecule has 0 fully saturated rings. The molecule has 0 rings (SSSR count). The highest BCUT2D eigenvalue weighted by Gasteiger charge is 1.84. The number of nitrogens with one attached hydrogen (secondary N) is 1. The van der Waals surface area contributed by atoms with Crippen molar-refractivity contribution in [2.45, 2.75) is 19.3 Å². The van der Waals surface area contributed by atoms with Gasteiger partial charge in [-0.3, -0.25) is 0 Å². The van der Waals surface area contributed by atoms with Gasteiger partial charge in [-0.15, -0.1) is 6.58 Å². The Morgan fingerprint density at radius 1 is 1.30 bits per heavy atom. The number of rotatable bonds is 7. The highest BCUT2D eigenvalue weighted by molar-refractivity contribution is 4.65. The first-order valence-electron chi connectivity index (χ1n) is 3.93. The van der Waals surface area contributed by atoms with Gasteiger partial charge in [-0.1, -0.05) is 6.08 Å². The Hall–Kier alpha value is -0.340. The van der Waals surface area contributed by atoms with E-state index in [0.717, 1.165) is 26.1 Å². The van der Waals surface area contributed by atoms with Gasteiger partial charge in [0.15, 0.2) is 0 Å². The molecule has 10 heavy (non-hydrogen) atoms.